The SMILES string of the molecule is CCOC(=O)c1ccc2c(c1)n(CC(=O)Nc1cc(OC)ccc1OC)c(C)[n+]2CC. The summed E-state index contributed by atoms with van der Waals surface area (Å²) < 4.78 is 19.7. The summed E-state index contributed by atoms with van der Waals surface area (Å²) in [5.41, 5.74) is 2.71. The second-order valence-electron chi connectivity index (χ2n) is 6.92. The Morgan fingerprint density at radius 2 is 1.84 bits per heavy atom. The molecule has 1 N–H and O–H groups in total. The average molecular weight is 426 g/mol. The van der Waals surface area contributed by atoms with E-state index in [-0.39, 0.29) is 18.4 Å². The number of nitrogens with one attached hydrogen (secondary N) is 1. The number of hydrogen-bond acceptors (Lipinski definition) is 5. The van der Waals surface area contributed by atoms with Crippen molar-refractivity contribution in [1.82, 2.24) is 4.57 Å². The van der Waals surface area contributed by atoms with Gasteiger partial charge in [0.25, 0.3) is 11.7 Å². The Bertz CT molecular complexity index is 1120. The Morgan fingerprint density at radius 1 is 1.06 bits per heavy atom. The van der Waals surface area contributed by atoms with Crippen LogP contribution in [0.15, 0.2) is 36.4 Å². The zero-order chi connectivity index (χ0) is 22.5. The predicted molar refractivity (Wildman–Crippen MR) is 117 cm³/mol. The van der Waals surface area contributed by atoms with Crippen LogP contribution in [0.5, 0.6) is 11.5 Å². The third-order valence-electron chi connectivity index (χ3n) is 5.15. The molecule has 8 nitrogen and oxygen atoms in total. The van der Waals surface area contributed by atoms with Crippen molar-refractivity contribution in [3.05, 3.63) is 47.8 Å². The summed E-state index contributed by atoms with van der Waals surface area (Å²) in [6.45, 7) is 6.87. The summed E-state index contributed by atoms with van der Waals surface area (Å²) in [6.07, 6.45) is 0. The van der Waals surface area contributed by atoms with Crippen LogP contribution in [0.4, 0.5) is 5.69 Å². The average Bonchev–Trinajstić information content (AvgIpc) is 3.03. The van der Waals surface area contributed by atoms with Crippen LogP contribution in [-0.2, 0) is 22.6 Å². The Hall–Kier alpha value is -3.55. The third-order valence-corrected chi connectivity index (χ3v) is 5.15. The number of anilines is 1. The lowest BCUT2D eigenvalue weighted by atomic mass is 10.2. The summed E-state index contributed by atoms with van der Waals surface area (Å²) in [5.74, 6) is 1.45. The highest BCUT2D eigenvalue weighted by atomic mass is 16.5. The second-order valence-corrected chi connectivity index (χ2v) is 6.92. The molecule has 0 saturated carbocycles. The number of hydrogen-bond donors (Lipinski definition) is 1. The van der Waals surface area contributed by atoms with Gasteiger partial charge in [-0.25, -0.2) is 13.9 Å². The van der Waals surface area contributed by atoms with Gasteiger partial charge < -0.3 is 19.5 Å². The van der Waals surface area contributed by atoms with Gasteiger partial charge in [0, 0.05) is 19.1 Å². The molecule has 0 saturated heterocycles. The molecule has 1 heterocycles. The summed E-state index contributed by atoms with van der Waals surface area (Å²) in [4.78, 5) is 25.1. The molecule has 2 aromatic carbocycles. The van der Waals surface area contributed by atoms with Gasteiger partial charge >= 0.3 is 5.97 Å². The van der Waals surface area contributed by atoms with Crippen molar-refractivity contribution in [3.8, 4) is 11.5 Å². The molecule has 3 aromatic rings. The van der Waals surface area contributed by atoms with E-state index < -0.39 is 0 Å². The second kappa shape index (κ2) is 9.51. The van der Waals surface area contributed by atoms with Crippen molar-refractivity contribution in [2.75, 3.05) is 26.1 Å². The fourth-order valence-electron chi connectivity index (χ4n) is 3.65. The summed E-state index contributed by atoms with van der Waals surface area (Å²) in [6, 6.07) is 10.6. The molecular formula is C23H28N3O5+. The highest BCUT2D eigenvalue weighted by molar-refractivity contribution is 5.95. The van der Waals surface area contributed by atoms with E-state index in [0.717, 1.165) is 23.4 Å². The molecule has 0 radical (unpaired) electrons. The van der Waals surface area contributed by atoms with E-state index in [9.17, 15) is 9.59 Å². The third kappa shape index (κ3) is 4.47. The highest BCUT2D eigenvalue weighted by Crippen LogP contribution is 2.29. The topological polar surface area (TPSA) is 82.7 Å². The maximum atomic E-state index is 12.9. The quantitative estimate of drug-likeness (QED) is 0.442. The molecule has 0 aliphatic rings. The van der Waals surface area contributed by atoms with Crippen LogP contribution in [0.3, 0.4) is 0 Å². The normalized spacial score (nSPS) is 10.7. The maximum absolute atomic E-state index is 12.9. The molecule has 0 spiro atoms. The van der Waals surface area contributed by atoms with Gasteiger partial charge in [0.15, 0.2) is 17.6 Å². The van der Waals surface area contributed by atoms with Crippen molar-refractivity contribution in [1.29, 1.82) is 0 Å². The van der Waals surface area contributed by atoms with Crippen LogP contribution < -0.4 is 19.4 Å². The zero-order valence-corrected chi connectivity index (χ0v) is 18.5. The fourth-order valence-corrected chi connectivity index (χ4v) is 3.65. The summed E-state index contributed by atoms with van der Waals surface area (Å²) >= 11 is 0. The van der Waals surface area contributed by atoms with Gasteiger partial charge in [-0.1, -0.05) is 0 Å². The number of imidazole rings is 1. The van der Waals surface area contributed by atoms with Gasteiger partial charge in [0.1, 0.15) is 11.5 Å². The minimum Gasteiger partial charge on any atom is -0.497 e. The molecule has 0 aliphatic heterocycles. The van der Waals surface area contributed by atoms with Gasteiger partial charge in [-0.05, 0) is 38.1 Å². The molecule has 8 heteroatoms. The highest BCUT2D eigenvalue weighted by Gasteiger charge is 2.24. The predicted octanol–water partition coefficient (Wildman–Crippen LogP) is 3.09. The lowest BCUT2D eigenvalue weighted by molar-refractivity contribution is -0.674. The van der Waals surface area contributed by atoms with E-state index in [1.54, 1.807) is 51.5 Å². The minimum absolute atomic E-state index is 0.0714. The number of rotatable bonds is 8. The maximum Gasteiger partial charge on any atom is 0.338 e. The van der Waals surface area contributed by atoms with E-state index in [1.165, 1.54) is 0 Å². The minimum atomic E-state index is -0.386. The number of ether oxygens (including phenoxy) is 3. The van der Waals surface area contributed by atoms with Crippen molar-refractivity contribution in [2.24, 2.45) is 0 Å². The van der Waals surface area contributed by atoms with Gasteiger partial charge in [-0.15, -0.1) is 0 Å². The van der Waals surface area contributed by atoms with Crippen molar-refractivity contribution in [3.63, 3.8) is 0 Å². The lowest BCUT2D eigenvalue weighted by Gasteiger charge is -2.11. The molecule has 0 aliphatic carbocycles. The monoisotopic (exact) mass is 426 g/mol. The van der Waals surface area contributed by atoms with Crippen LogP contribution in [0.1, 0.15) is 30.0 Å². The van der Waals surface area contributed by atoms with E-state index in [2.05, 4.69) is 9.88 Å². The van der Waals surface area contributed by atoms with Crippen LogP contribution >= 0.6 is 0 Å². The first kappa shape index (κ1) is 22.1. The van der Waals surface area contributed by atoms with Crippen molar-refractivity contribution in [2.45, 2.75) is 33.9 Å². The number of fused-ring (bicyclic) bond motifs is 1. The molecule has 0 bridgehead atoms. The standard InChI is InChI=1S/C23H27N3O5/c1-6-25-15(3)26(20-12-16(8-10-19(20)25)23(28)31-7-2)14-22(27)24-18-13-17(29-4)9-11-21(18)30-5/h8-13H,6-7,14H2,1-5H3/p+1. The van der Waals surface area contributed by atoms with E-state index in [0.29, 0.717) is 29.4 Å². The van der Waals surface area contributed by atoms with Crippen LogP contribution in [0.25, 0.3) is 11.0 Å². The number of esters is 1. The van der Waals surface area contributed by atoms with Crippen molar-refractivity contribution >= 4 is 28.6 Å². The number of aryl methyl sites for hydroxylation is 1. The number of amides is 1. The molecule has 1 aromatic heterocycles. The van der Waals surface area contributed by atoms with Gasteiger partial charge in [0.2, 0.25) is 0 Å². The van der Waals surface area contributed by atoms with Crippen LogP contribution in [0, 0.1) is 6.92 Å². The smallest absolute Gasteiger partial charge is 0.338 e. The molecule has 1 amide bonds. The van der Waals surface area contributed by atoms with Gasteiger partial charge in [0.05, 0.1) is 38.6 Å². The number of benzene rings is 2. The van der Waals surface area contributed by atoms with E-state index >= 15 is 0 Å². The molecule has 164 valence electrons. The summed E-state index contributed by atoms with van der Waals surface area (Å²) in [5, 5.41) is 2.90. The number of methoxy groups -OCH3 is 2. The molecule has 31 heavy (non-hydrogen) atoms. The van der Waals surface area contributed by atoms with Crippen LogP contribution in [0.2, 0.25) is 0 Å². The van der Waals surface area contributed by atoms with E-state index in [1.807, 2.05) is 24.5 Å². The first-order chi connectivity index (χ1) is 14.9. The molecular weight excluding hydrogens is 398 g/mol. The number of carbonyl (C=O) groups excluding carboxylic acids is 2. The largest absolute Gasteiger partial charge is 0.497 e. The van der Waals surface area contributed by atoms with Crippen molar-refractivity contribution < 1.29 is 28.4 Å². The van der Waals surface area contributed by atoms with Gasteiger partial charge in [-0.3, -0.25) is 4.79 Å². The number of aromatic nitrogens is 2. The Balaban J connectivity index is 1.96. The Labute approximate surface area is 181 Å². The zero-order valence-electron chi connectivity index (χ0n) is 18.5. The summed E-state index contributed by atoms with van der Waals surface area (Å²) in [7, 11) is 3.11. The van der Waals surface area contributed by atoms with E-state index in [4.69, 9.17) is 14.2 Å². The fraction of sp³-hybridized carbons (Fsp3) is 0.348. The molecule has 0 atom stereocenters. The first-order valence-corrected chi connectivity index (χ1v) is 10.1. The number of carbonyl (C=O) groups is 2. The Morgan fingerprint density at radius 3 is 2.48 bits per heavy atom. The van der Waals surface area contributed by atoms with Gasteiger partial charge in [-0.2, -0.15) is 0 Å². The lowest BCUT2D eigenvalue weighted by Crippen LogP contribution is -2.35. The number of nitrogens with zero attached hydrogens (tertiary/aromatic N) is 2. The first-order valence-electron chi connectivity index (χ1n) is 10.1. The Kier molecular flexibility index (Phi) is 6.79. The van der Waals surface area contributed by atoms with Crippen LogP contribution in [-0.4, -0.2) is 37.3 Å². The molecule has 0 fully saturated rings. The molecule has 0 unspecified atom stereocenters. The molecule has 3 rings (SSSR count).